The minimum atomic E-state index is -0.434. The molecule has 2 aromatic carbocycles. The van der Waals surface area contributed by atoms with Crippen LogP contribution in [0, 0.1) is 10.1 Å². The van der Waals surface area contributed by atoms with Crippen molar-refractivity contribution in [2.24, 2.45) is 0 Å². The van der Waals surface area contributed by atoms with Crippen molar-refractivity contribution in [3.63, 3.8) is 0 Å². The summed E-state index contributed by atoms with van der Waals surface area (Å²) in [6.45, 7) is 3.55. The van der Waals surface area contributed by atoms with Crippen molar-refractivity contribution in [1.82, 2.24) is 20.1 Å². The standard InChI is InChI=1S/C22H23N5O3/c28-27(29)19-11-9-18(10-12-19)21-23-22(30-16-15-26-13-5-2-6-14-26)20(24-25-21)17-7-3-1-4-8-17/h1,3-4,7-12H,2,5-6,13-16H2. The number of hydrogen-bond acceptors (Lipinski definition) is 7. The van der Waals surface area contributed by atoms with Crippen LogP contribution in [0.2, 0.25) is 0 Å². The molecule has 0 bridgehead atoms. The Hall–Kier alpha value is -3.39. The third-order valence-electron chi connectivity index (χ3n) is 5.13. The summed E-state index contributed by atoms with van der Waals surface area (Å²) >= 11 is 0. The van der Waals surface area contributed by atoms with Gasteiger partial charge >= 0.3 is 0 Å². The van der Waals surface area contributed by atoms with E-state index in [4.69, 9.17) is 4.74 Å². The SMILES string of the molecule is O=[N+]([O-])c1ccc(-c2nnc(-c3ccccc3)c(OCCN3CCCCC3)n2)cc1. The summed E-state index contributed by atoms with van der Waals surface area (Å²) in [5.41, 5.74) is 2.12. The van der Waals surface area contributed by atoms with Crippen LogP contribution in [-0.2, 0) is 0 Å². The van der Waals surface area contributed by atoms with Gasteiger partial charge in [-0.2, -0.15) is 4.98 Å². The van der Waals surface area contributed by atoms with Crippen LogP contribution in [0.3, 0.4) is 0 Å². The van der Waals surface area contributed by atoms with E-state index in [2.05, 4.69) is 20.1 Å². The Bertz CT molecular complexity index is 989. The highest BCUT2D eigenvalue weighted by molar-refractivity contribution is 5.66. The lowest BCUT2D eigenvalue weighted by Crippen LogP contribution is -2.33. The van der Waals surface area contributed by atoms with E-state index in [0.717, 1.165) is 25.2 Å². The topological polar surface area (TPSA) is 94.3 Å². The van der Waals surface area contributed by atoms with Crippen LogP contribution >= 0.6 is 0 Å². The average molecular weight is 405 g/mol. The van der Waals surface area contributed by atoms with Gasteiger partial charge in [-0.25, -0.2) is 0 Å². The molecule has 1 saturated heterocycles. The number of non-ortho nitro benzene ring substituents is 1. The fourth-order valence-corrected chi connectivity index (χ4v) is 3.50. The summed E-state index contributed by atoms with van der Waals surface area (Å²) in [4.78, 5) is 17.4. The van der Waals surface area contributed by atoms with E-state index in [1.165, 1.54) is 31.4 Å². The fraction of sp³-hybridized carbons (Fsp3) is 0.318. The molecular formula is C22H23N5O3. The fourth-order valence-electron chi connectivity index (χ4n) is 3.50. The Morgan fingerprint density at radius 3 is 2.37 bits per heavy atom. The molecule has 154 valence electrons. The van der Waals surface area contributed by atoms with Crippen molar-refractivity contribution in [3.8, 4) is 28.5 Å². The Labute approximate surface area is 174 Å². The first-order chi connectivity index (χ1) is 14.7. The van der Waals surface area contributed by atoms with E-state index >= 15 is 0 Å². The second kappa shape index (κ2) is 9.41. The van der Waals surface area contributed by atoms with Gasteiger partial charge < -0.3 is 4.74 Å². The first-order valence-corrected chi connectivity index (χ1v) is 10.1. The van der Waals surface area contributed by atoms with Crippen molar-refractivity contribution in [3.05, 3.63) is 64.7 Å². The molecule has 8 heteroatoms. The molecule has 0 spiro atoms. The number of nitro benzene ring substituents is 1. The molecule has 1 fully saturated rings. The number of nitro groups is 1. The van der Waals surface area contributed by atoms with Gasteiger partial charge in [0, 0.05) is 29.8 Å². The lowest BCUT2D eigenvalue weighted by Gasteiger charge is -2.26. The zero-order valence-corrected chi connectivity index (χ0v) is 16.6. The molecule has 0 aliphatic carbocycles. The monoisotopic (exact) mass is 405 g/mol. The van der Waals surface area contributed by atoms with Crippen LogP contribution < -0.4 is 4.74 Å². The second-order valence-corrected chi connectivity index (χ2v) is 7.21. The number of piperidine rings is 1. The predicted molar refractivity (Wildman–Crippen MR) is 113 cm³/mol. The lowest BCUT2D eigenvalue weighted by molar-refractivity contribution is -0.384. The summed E-state index contributed by atoms with van der Waals surface area (Å²) in [5, 5.41) is 19.5. The quantitative estimate of drug-likeness (QED) is 0.433. The molecule has 0 saturated carbocycles. The smallest absolute Gasteiger partial charge is 0.269 e. The Morgan fingerprint density at radius 1 is 0.933 bits per heavy atom. The first kappa shape index (κ1) is 19.9. The first-order valence-electron chi connectivity index (χ1n) is 10.1. The van der Waals surface area contributed by atoms with Crippen LogP contribution in [0.5, 0.6) is 5.88 Å². The molecule has 3 aromatic rings. The molecule has 1 aliphatic rings. The predicted octanol–water partition coefficient (Wildman–Crippen LogP) is 3.98. The van der Waals surface area contributed by atoms with E-state index in [9.17, 15) is 10.1 Å². The van der Waals surface area contributed by atoms with E-state index in [-0.39, 0.29) is 5.69 Å². The summed E-state index contributed by atoms with van der Waals surface area (Å²) in [6.07, 6.45) is 3.76. The number of rotatable bonds is 7. The summed E-state index contributed by atoms with van der Waals surface area (Å²) in [6, 6.07) is 15.8. The number of ether oxygens (including phenoxy) is 1. The highest BCUT2D eigenvalue weighted by Gasteiger charge is 2.16. The Balaban J connectivity index is 1.58. The van der Waals surface area contributed by atoms with Crippen LogP contribution in [0.25, 0.3) is 22.6 Å². The van der Waals surface area contributed by atoms with Gasteiger partial charge in [-0.3, -0.25) is 15.0 Å². The zero-order chi connectivity index (χ0) is 20.8. The number of benzene rings is 2. The van der Waals surface area contributed by atoms with Gasteiger partial charge in [0.2, 0.25) is 5.88 Å². The molecule has 0 atom stereocenters. The van der Waals surface area contributed by atoms with Crippen molar-refractivity contribution in [1.29, 1.82) is 0 Å². The number of nitrogens with zero attached hydrogens (tertiary/aromatic N) is 5. The molecule has 1 aromatic heterocycles. The van der Waals surface area contributed by atoms with Crippen molar-refractivity contribution < 1.29 is 9.66 Å². The van der Waals surface area contributed by atoms with Gasteiger partial charge in [0.05, 0.1) is 4.92 Å². The maximum Gasteiger partial charge on any atom is 0.269 e. The molecule has 2 heterocycles. The van der Waals surface area contributed by atoms with E-state index in [0.29, 0.717) is 29.6 Å². The molecule has 1 aliphatic heterocycles. The molecule has 0 unspecified atom stereocenters. The van der Waals surface area contributed by atoms with Crippen molar-refractivity contribution >= 4 is 5.69 Å². The van der Waals surface area contributed by atoms with Gasteiger partial charge in [0.1, 0.15) is 6.61 Å². The molecular weight excluding hydrogens is 382 g/mol. The van der Waals surface area contributed by atoms with Gasteiger partial charge in [0.25, 0.3) is 5.69 Å². The Kier molecular flexibility index (Phi) is 6.24. The molecule has 0 N–H and O–H groups in total. The third-order valence-corrected chi connectivity index (χ3v) is 5.13. The molecule has 8 nitrogen and oxygen atoms in total. The van der Waals surface area contributed by atoms with Gasteiger partial charge in [-0.15, -0.1) is 10.2 Å². The average Bonchev–Trinajstić information content (AvgIpc) is 2.80. The number of hydrogen-bond donors (Lipinski definition) is 0. The summed E-state index contributed by atoms with van der Waals surface area (Å²) in [7, 11) is 0. The number of aromatic nitrogens is 3. The van der Waals surface area contributed by atoms with Crippen LogP contribution in [0.15, 0.2) is 54.6 Å². The minimum absolute atomic E-state index is 0.0191. The van der Waals surface area contributed by atoms with Gasteiger partial charge in [0.15, 0.2) is 11.5 Å². The lowest BCUT2D eigenvalue weighted by atomic mass is 10.1. The number of likely N-dealkylation sites (tertiary alicyclic amines) is 1. The van der Waals surface area contributed by atoms with E-state index in [1.807, 2.05) is 30.3 Å². The molecule has 0 amide bonds. The zero-order valence-electron chi connectivity index (χ0n) is 16.6. The van der Waals surface area contributed by atoms with Crippen LogP contribution in [0.1, 0.15) is 19.3 Å². The van der Waals surface area contributed by atoms with Crippen LogP contribution in [0.4, 0.5) is 5.69 Å². The molecule has 30 heavy (non-hydrogen) atoms. The largest absolute Gasteiger partial charge is 0.475 e. The normalized spacial score (nSPS) is 14.4. The maximum absolute atomic E-state index is 10.9. The maximum atomic E-state index is 10.9. The van der Waals surface area contributed by atoms with Crippen molar-refractivity contribution in [2.75, 3.05) is 26.2 Å². The molecule has 4 rings (SSSR count). The molecule has 0 radical (unpaired) electrons. The van der Waals surface area contributed by atoms with Crippen molar-refractivity contribution in [2.45, 2.75) is 19.3 Å². The minimum Gasteiger partial charge on any atom is -0.475 e. The van der Waals surface area contributed by atoms with E-state index in [1.54, 1.807) is 12.1 Å². The Morgan fingerprint density at radius 2 is 1.67 bits per heavy atom. The summed E-state index contributed by atoms with van der Waals surface area (Å²) in [5.74, 6) is 0.791. The highest BCUT2D eigenvalue weighted by Crippen LogP contribution is 2.28. The van der Waals surface area contributed by atoms with Gasteiger partial charge in [-0.1, -0.05) is 36.8 Å². The second-order valence-electron chi connectivity index (χ2n) is 7.21. The van der Waals surface area contributed by atoms with Crippen LogP contribution in [-0.4, -0.2) is 51.2 Å². The van der Waals surface area contributed by atoms with E-state index < -0.39 is 4.92 Å². The summed E-state index contributed by atoms with van der Waals surface area (Å²) < 4.78 is 6.05. The van der Waals surface area contributed by atoms with Gasteiger partial charge in [-0.05, 0) is 38.1 Å². The third kappa shape index (κ3) is 4.77. The highest BCUT2D eigenvalue weighted by atomic mass is 16.6.